The van der Waals surface area contributed by atoms with E-state index in [0.717, 1.165) is 51.0 Å². The molecule has 0 radical (unpaired) electrons. The molecule has 3 aliphatic rings. The molecule has 0 saturated carbocycles. The first kappa shape index (κ1) is 16.0. The maximum Gasteiger partial charge on any atom is 0.225 e. The van der Waals surface area contributed by atoms with Gasteiger partial charge < -0.3 is 14.1 Å². The van der Waals surface area contributed by atoms with Gasteiger partial charge in [-0.2, -0.15) is 0 Å². The number of fused-ring (bicyclic) bond motifs is 4. The molecule has 0 aromatic carbocycles. The SMILES string of the molecule is C(=C\c1ccco1)/CN1[C@H]2CC[C@H]1c1cnc(N3CCOCC3)nc1C2. The minimum atomic E-state index is 0.448. The van der Waals surface area contributed by atoms with Crippen LogP contribution in [0, 0.1) is 0 Å². The van der Waals surface area contributed by atoms with E-state index in [1.807, 2.05) is 12.1 Å². The third kappa shape index (κ3) is 2.93. The molecule has 2 atom stereocenters. The Hall–Kier alpha value is -2.18. The third-order valence-corrected chi connectivity index (χ3v) is 5.75. The second-order valence-electron chi connectivity index (χ2n) is 7.24. The zero-order valence-electron chi connectivity index (χ0n) is 14.9. The Morgan fingerprint density at radius 1 is 1.23 bits per heavy atom. The lowest BCUT2D eigenvalue weighted by molar-refractivity contribution is 0.122. The first-order valence-electron chi connectivity index (χ1n) is 9.53. The minimum Gasteiger partial charge on any atom is -0.465 e. The molecule has 2 fully saturated rings. The number of aromatic nitrogens is 2. The minimum absolute atomic E-state index is 0.448. The number of hydrogen-bond donors (Lipinski definition) is 0. The summed E-state index contributed by atoms with van der Waals surface area (Å²) >= 11 is 0. The fraction of sp³-hybridized carbons (Fsp3) is 0.500. The van der Waals surface area contributed by atoms with Gasteiger partial charge in [0, 0.05) is 49.9 Å². The predicted octanol–water partition coefficient (Wildman–Crippen LogP) is 2.68. The molecule has 0 N–H and O–H groups in total. The molecule has 2 aromatic heterocycles. The molecule has 6 heteroatoms. The summed E-state index contributed by atoms with van der Waals surface area (Å²) in [6.45, 7) is 4.24. The number of rotatable bonds is 4. The quantitative estimate of drug-likeness (QED) is 0.843. The zero-order valence-corrected chi connectivity index (χ0v) is 14.9. The van der Waals surface area contributed by atoms with E-state index in [1.54, 1.807) is 6.26 Å². The van der Waals surface area contributed by atoms with Gasteiger partial charge in [0.25, 0.3) is 0 Å². The summed E-state index contributed by atoms with van der Waals surface area (Å²) in [5.41, 5.74) is 2.57. The molecule has 5 heterocycles. The normalized spacial score (nSPS) is 25.8. The van der Waals surface area contributed by atoms with Crippen molar-refractivity contribution in [3.8, 4) is 0 Å². The highest BCUT2D eigenvalue weighted by molar-refractivity contribution is 5.43. The molecule has 3 aliphatic heterocycles. The van der Waals surface area contributed by atoms with Gasteiger partial charge in [0.1, 0.15) is 5.76 Å². The predicted molar refractivity (Wildman–Crippen MR) is 99.0 cm³/mol. The van der Waals surface area contributed by atoms with Crippen LogP contribution in [0.3, 0.4) is 0 Å². The number of ether oxygens (including phenoxy) is 1. The Morgan fingerprint density at radius 3 is 3.00 bits per heavy atom. The van der Waals surface area contributed by atoms with E-state index >= 15 is 0 Å². The van der Waals surface area contributed by atoms with Crippen molar-refractivity contribution in [2.45, 2.75) is 31.3 Å². The summed E-state index contributed by atoms with van der Waals surface area (Å²) in [6.07, 6.45) is 11.5. The van der Waals surface area contributed by atoms with Gasteiger partial charge in [-0.1, -0.05) is 6.08 Å². The van der Waals surface area contributed by atoms with E-state index in [0.29, 0.717) is 12.1 Å². The molecule has 5 rings (SSSR count). The molecule has 2 bridgehead atoms. The van der Waals surface area contributed by atoms with E-state index in [1.165, 1.54) is 24.1 Å². The summed E-state index contributed by atoms with van der Waals surface area (Å²) in [5.74, 6) is 1.78. The second-order valence-corrected chi connectivity index (χ2v) is 7.24. The fourth-order valence-electron chi connectivity index (χ4n) is 4.44. The molecule has 0 amide bonds. The van der Waals surface area contributed by atoms with Crippen molar-refractivity contribution in [1.82, 2.24) is 14.9 Å². The first-order valence-corrected chi connectivity index (χ1v) is 9.53. The van der Waals surface area contributed by atoms with Crippen LogP contribution in [0.25, 0.3) is 6.08 Å². The van der Waals surface area contributed by atoms with Crippen LogP contribution in [0.2, 0.25) is 0 Å². The molecular formula is C20H24N4O2. The second kappa shape index (κ2) is 6.85. The van der Waals surface area contributed by atoms with Gasteiger partial charge in [-0.05, 0) is 31.1 Å². The summed E-state index contributed by atoms with van der Waals surface area (Å²) in [6, 6.07) is 4.94. The van der Waals surface area contributed by atoms with Crippen LogP contribution < -0.4 is 4.90 Å². The van der Waals surface area contributed by atoms with Crippen molar-refractivity contribution in [2.24, 2.45) is 0 Å². The maximum absolute atomic E-state index is 5.44. The average Bonchev–Trinajstić information content (AvgIpc) is 3.29. The van der Waals surface area contributed by atoms with Crippen molar-refractivity contribution in [3.63, 3.8) is 0 Å². The molecular weight excluding hydrogens is 328 g/mol. The highest BCUT2D eigenvalue weighted by Gasteiger charge is 2.40. The maximum atomic E-state index is 5.44. The molecule has 2 aromatic rings. The Kier molecular flexibility index (Phi) is 4.22. The lowest BCUT2D eigenvalue weighted by Crippen LogP contribution is -2.40. The van der Waals surface area contributed by atoms with Crippen LogP contribution in [-0.2, 0) is 11.2 Å². The fourth-order valence-corrected chi connectivity index (χ4v) is 4.44. The summed E-state index contributed by atoms with van der Waals surface area (Å²) in [7, 11) is 0. The van der Waals surface area contributed by atoms with E-state index in [9.17, 15) is 0 Å². The Morgan fingerprint density at radius 2 is 2.15 bits per heavy atom. The summed E-state index contributed by atoms with van der Waals surface area (Å²) in [4.78, 5) is 14.5. The van der Waals surface area contributed by atoms with Crippen LogP contribution >= 0.6 is 0 Å². The van der Waals surface area contributed by atoms with Gasteiger partial charge in [-0.15, -0.1) is 0 Å². The van der Waals surface area contributed by atoms with Gasteiger partial charge in [-0.25, -0.2) is 9.97 Å². The lowest BCUT2D eigenvalue weighted by Gasteiger charge is -2.35. The van der Waals surface area contributed by atoms with Crippen LogP contribution in [-0.4, -0.2) is 53.8 Å². The van der Waals surface area contributed by atoms with Crippen LogP contribution in [0.1, 0.15) is 35.9 Å². The summed E-state index contributed by atoms with van der Waals surface area (Å²) in [5, 5.41) is 0. The molecule has 0 aliphatic carbocycles. The molecule has 0 spiro atoms. The zero-order chi connectivity index (χ0) is 17.3. The number of anilines is 1. The van der Waals surface area contributed by atoms with Gasteiger partial charge >= 0.3 is 0 Å². The van der Waals surface area contributed by atoms with E-state index < -0.39 is 0 Å². The number of morpholine rings is 1. The van der Waals surface area contributed by atoms with Crippen molar-refractivity contribution in [1.29, 1.82) is 0 Å². The largest absolute Gasteiger partial charge is 0.465 e. The molecule has 6 nitrogen and oxygen atoms in total. The number of hydrogen-bond acceptors (Lipinski definition) is 6. The number of furan rings is 1. The van der Waals surface area contributed by atoms with Crippen LogP contribution in [0.5, 0.6) is 0 Å². The van der Waals surface area contributed by atoms with Crippen molar-refractivity contribution >= 4 is 12.0 Å². The van der Waals surface area contributed by atoms with Crippen LogP contribution in [0.15, 0.2) is 35.1 Å². The first-order chi connectivity index (χ1) is 12.9. The van der Waals surface area contributed by atoms with Crippen molar-refractivity contribution < 1.29 is 9.15 Å². The Balaban J connectivity index is 1.33. The smallest absolute Gasteiger partial charge is 0.225 e. The lowest BCUT2D eigenvalue weighted by atomic mass is 9.99. The Bertz CT molecular complexity index is 783. The van der Waals surface area contributed by atoms with Gasteiger partial charge in [0.15, 0.2) is 0 Å². The molecule has 0 unspecified atom stereocenters. The van der Waals surface area contributed by atoms with E-state index in [-0.39, 0.29) is 0 Å². The van der Waals surface area contributed by atoms with Crippen molar-refractivity contribution in [2.75, 3.05) is 37.7 Å². The van der Waals surface area contributed by atoms with Crippen LogP contribution in [0.4, 0.5) is 5.95 Å². The molecule has 2 saturated heterocycles. The standard InChI is InChI=1S/C20H24N4O2/c1(3-16-4-2-10-26-16)7-24-15-5-6-19(24)17-14-21-20(22-18(17)13-15)23-8-11-25-12-9-23/h1-4,10,14-15,19H,5-9,11-13H2/b3-1+/t15-,19-/m0/s1. The average molecular weight is 352 g/mol. The number of nitrogens with zero attached hydrogens (tertiary/aromatic N) is 4. The summed E-state index contributed by atoms with van der Waals surface area (Å²) < 4.78 is 10.8. The third-order valence-electron chi connectivity index (χ3n) is 5.75. The van der Waals surface area contributed by atoms with E-state index in [4.69, 9.17) is 14.1 Å². The van der Waals surface area contributed by atoms with Crippen molar-refractivity contribution in [3.05, 3.63) is 47.7 Å². The van der Waals surface area contributed by atoms with E-state index in [2.05, 4.69) is 33.1 Å². The monoisotopic (exact) mass is 352 g/mol. The molecule has 26 heavy (non-hydrogen) atoms. The van der Waals surface area contributed by atoms with Gasteiger partial charge in [0.05, 0.1) is 25.2 Å². The van der Waals surface area contributed by atoms with Gasteiger partial charge in [0.2, 0.25) is 5.95 Å². The Labute approximate surface area is 153 Å². The van der Waals surface area contributed by atoms with Gasteiger partial charge in [-0.3, -0.25) is 4.90 Å². The topological polar surface area (TPSA) is 54.6 Å². The highest BCUT2D eigenvalue weighted by Crippen LogP contribution is 2.43. The molecule has 136 valence electrons. The highest BCUT2D eigenvalue weighted by atomic mass is 16.5.